The molecule has 0 fully saturated rings. The van der Waals surface area contributed by atoms with Gasteiger partial charge in [-0.15, -0.1) is 0 Å². The van der Waals surface area contributed by atoms with Gasteiger partial charge >= 0.3 is 5.97 Å². The molecule has 23 heavy (non-hydrogen) atoms. The van der Waals surface area contributed by atoms with Crippen LogP contribution in [-0.4, -0.2) is 26.0 Å². The van der Waals surface area contributed by atoms with E-state index in [4.69, 9.17) is 4.74 Å². The zero-order valence-electron chi connectivity index (χ0n) is 12.1. The van der Waals surface area contributed by atoms with Crippen molar-refractivity contribution < 1.29 is 19.7 Å². The molecular formula is C17H14N2O4. The molecule has 0 unspecified atom stereocenters. The molecule has 2 N–H and O–H groups in total. The summed E-state index contributed by atoms with van der Waals surface area (Å²) in [6.45, 7) is 0.243. The maximum absolute atomic E-state index is 11.6. The Bertz CT molecular complexity index is 828. The summed E-state index contributed by atoms with van der Waals surface area (Å²) < 4.78 is 6.81. The van der Waals surface area contributed by atoms with Crippen molar-refractivity contribution in [3.63, 3.8) is 0 Å². The number of aromatic carboxylic acids is 1. The molecule has 3 aromatic rings. The number of phenolic OH excluding ortho intramolecular Hbond substituents is 1. The minimum absolute atomic E-state index is 0.0288. The Balaban J connectivity index is 1.91. The number of nitrogens with zero attached hydrogens (tertiary/aromatic N) is 2. The largest absolute Gasteiger partial charge is 0.508 e. The van der Waals surface area contributed by atoms with E-state index < -0.39 is 5.97 Å². The molecule has 3 rings (SSSR count). The van der Waals surface area contributed by atoms with Gasteiger partial charge in [0.05, 0.1) is 11.9 Å². The number of ether oxygens (including phenoxy) is 1. The molecule has 116 valence electrons. The van der Waals surface area contributed by atoms with Crippen molar-refractivity contribution in [3.05, 3.63) is 72.1 Å². The summed E-state index contributed by atoms with van der Waals surface area (Å²) in [6, 6.07) is 15.6. The van der Waals surface area contributed by atoms with Crippen molar-refractivity contribution in [2.75, 3.05) is 0 Å². The van der Waals surface area contributed by atoms with Crippen LogP contribution < -0.4 is 4.74 Å². The molecule has 0 aliphatic rings. The van der Waals surface area contributed by atoms with Gasteiger partial charge in [-0.3, -0.25) is 0 Å². The van der Waals surface area contributed by atoms with Crippen LogP contribution in [0.25, 0.3) is 5.69 Å². The number of benzene rings is 2. The van der Waals surface area contributed by atoms with Crippen LogP contribution in [-0.2, 0) is 6.61 Å². The van der Waals surface area contributed by atoms with E-state index in [2.05, 4.69) is 5.10 Å². The highest BCUT2D eigenvalue weighted by molar-refractivity contribution is 5.89. The first-order chi connectivity index (χ1) is 11.1. The minimum atomic E-state index is -1.16. The molecule has 0 saturated heterocycles. The van der Waals surface area contributed by atoms with Crippen molar-refractivity contribution in [1.29, 1.82) is 0 Å². The minimum Gasteiger partial charge on any atom is -0.508 e. The average molecular weight is 310 g/mol. The van der Waals surface area contributed by atoms with Gasteiger partial charge in [-0.1, -0.05) is 36.4 Å². The standard InChI is InChI=1S/C17H14N2O4/c20-14-8-4-7-13(9-14)19-16(17(21)22)15(10-18-19)23-11-12-5-2-1-3-6-12/h1-10,20H,11H2,(H,21,22). The molecule has 1 heterocycles. The molecule has 6 heteroatoms. The summed E-state index contributed by atoms with van der Waals surface area (Å²) in [5, 5.41) is 23.1. The van der Waals surface area contributed by atoms with E-state index in [0.29, 0.717) is 5.69 Å². The van der Waals surface area contributed by atoms with Crippen molar-refractivity contribution in [2.45, 2.75) is 6.61 Å². The first kappa shape index (κ1) is 14.6. The Morgan fingerprint density at radius 2 is 1.91 bits per heavy atom. The SMILES string of the molecule is O=C(O)c1c(OCc2ccccc2)cnn1-c1cccc(O)c1. The van der Waals surface area contributed by atoms with Crippen molar-refractivity contribution in [1.82, 2.24) is 9.78 Å². The maximum Gasteiger partial charge on any atom is 0.358 e. The van der Waals surface area contributed by atoms with Gasteiger partial charge in [0.25, 0.3) is 0 Å². The van der Waals surface area contributed by atoms with Crippen LogP contribution in [0.4, 0.5) is 0 Å². The number of carboxylic acid groups (broad SMARTS) is 1. The lowest BCUT2D eigenvalue weighted by Crippen LogP contribution is -2.09. The van der Waals surface area contributed by atoms with E-state index in [1.165, 1.54) is 23.0 Å². The van der Waals surface area contributed by atoms with Gasteiger partial charge in [0.1, 0.15) is 12.4 Å². The summed E-state index contributed by atoms with van der Waals surface area (Å²) in [5.74, 6) is -0.959. The maximum atomic E-state index is 11.6. The van der Waals surface area contributed by atoms with E-state index in [1.54, 1.807) is 12.1 Å². The Morgan fingerprint density at radius 1 is 1.13 bits per heavy atom. The molecule has 1 aromatic heterocycles. The summed E-state index contributed by atoms with van der Waals surface area (Å²) in [5.41, 5.74) is 1.28. The molecule has 0 aliphatic heterocycles. The topological polar surface area (TPSA) is 84.6 Å². The second-order valence-corrected chi connectivity index (χ2v) is 4.87. The third kappa shape index (κ3) is 3.16. The number of aromatic nitrogens is 2. The molecule has 0 atom stereocenters. The van der Waals surface area contributed by atoms with Crippen LogP contribution in [0, 0.1) is 0 Å². The van der Waals surface area contributed by atoms with Gasteiger partial charge < -0.3 is 14.9 Å². The summed E-state index contributed by atoms with van der Waals surface area (Å²) in [4.78, 5) is 11.6. The summed E-state index contributed by atoms with van der Waals surface area (Å²) in [6.07, 6.45) is 1.36. The van der Waals surface area contributed by atoms with Crippen LogP contribution in [0.2, 0.25) is 0 Å². The number of carboxylic acids is 1. The highest BCUT2D eigenvalue weighted by Gasteiger charge is 2.20. The van der Waals surface area contributed by atoms with Crippen LogP contribution >= 0.6 is 0 Å². The normalized spacial score (nSPS) is 10.4. The zero-order valence-corrected chi connectivity index (χ0v) is 12.1. The highest BCUT2D eigenvalue weighted by atomic mass is 16.5. The van der Waals surface area contributed by atoms with E-state index in [0.717, 1.165) is 5.56 Å². The fourth-order valence-corrected chi connectivity index (χ4v) is 2.19. The second-order valence-electron chi connectivity index (χ2n) is 4.87. The highest BCUT2D eigenvalue weighted by Crippen LogP contribution is 2.24. The number of aromatic hydroxyl groups is 1. The van der Waals surface area contributed by atoms with Crippen LogP contribution in [0.1, 0.15) is 16.1 Å². The summed E-state index contributed by atoms with van der Waals surface area (Å²) >= 11 is 0. The number of hydrogen-bond acceptors (Lipinski definition) is 4. The fourth-order valence-electron chi connectivity index (χ4n) is 2.19. The molecule has 2 aromatic carbocycles. The fraction of sp³-hybridized carbons (Fsp3) is 0.0588. The van der Waals surface area contributed by atoms with E-state index in [1.807, 2.05) is 30.3 Å². The smallest absolute Gasteiger partial charge is 0.358 e. The lowest BCUT2D eigenvalue weighted by molar-refractivity contribution is 0.0681. The predicted molar refractivity (Wildman–Crippen MR) is 83.0 cm³/mol. The third-order valence-electron chi connectivity index (χ3n) is 3.25. The predicted octanol–water partition coefficient (Wildman–Crippen LogP) is 2.86. The quantitative estimate of drug-likeness (QED) is 0.757. The molecular weight excluding hydrogens is 296 g/mol. The Morgan fingerprint density at radius 3 is 2.61 bits per heavy atom. The van der Waals surface area contributed by atoms with Crippen molar-refractivity contribution in [3.8, 4) is 17.2 Å². The number of hydrogen-bond donors (Lipinski definition) is 2. The Hall–Kier alpha value is -3.28. The molecule has 0 aliphatic carbocycles. The molecule has 0 amide bonds. The molecule has 0 bridgehead atoms. The molecule has 0 saturated carbocycles. The van der Waals surface area contributed by atoms with E-state index in [9.17, 15) is 15.0 Å². The molecule has 0 radical (unpaired) electrons. The first-order valence-electron chi connectivity index (χ1n) is 6.92. The average Bonchev–Trinajstić information content (AvgIpc) is 2.98. The Kier molecular flexibility index (Phi) is 3.97. The van der Waals surface area contributed by atoms with E-state index in [-0.39, 0.29) is 23.8 Å². The van der Waals surface area contributed by atoms with Crippen LogP contribution in [0.3, 0.4) is 0 Å². The zero-order chi connectivity index (χ0) is 16.2. The molecule has 0 spiro atoms. The van der Waals surface area contributed by atoms with E-state index >= 15 is 0 Å². The second kappa shape index (κ2) is 6.23. The van der Waals surface area contributed by atoms with Gasteiger partial charge in [-0.2, -0.15) is 5.10 Å². The molecule has 6 nitrogen and oxygen atoms in total. The van der Waals surface area contributed by atoms with Crippen molar-refractivity contribution in [2.24, 2.45) is 0 Å². The number of phenols is 1. The van der Waals surface area contributed by atoms with Crippen LogP contribution in [0.5, 0.6) is 11.5 Å². The summed E-state index contributed by atoms with van der Waals surface area (Å²) in [7, 11) is 0. The number of carbonyl (C=O) groups is 1. The van der Waals surface area contributed by atoms with Gasteiger partial charge in [-0.05, 0) is 17.7 Å². The van der Waals surface area contributed by atoms with Crippen molar-refractivity contribution >= 4 is 5.97 Å². The third-order valence-corrected chi connectivity index (χ3v) is 3.25. The van der Waals surface area contributed by atoms with Gasteiger partial charge in [0.15, 0.2) is 11.4 Å². The van der Waals surface area contributed by atoms with Gasteiger partial charge in [0.2, 0.25) is 0 Å². The Labute approximate surface area is 132 Å². The van der Waals surface area contributed by atoms with Gasteiger partial charge in [-0.25, -0.2) is 9.48 Å². The van der Waals surface area contributed by atoms with Crippen LogP contribution in [0.15, 0.2) is 60.8 Å². The lowest BCUT2D eigenvalue weighted by Gasteiger charge is -2.08. The van der Waals surface area contributed by atoms with Gasteiger partial charge in [0, 0.05) is 6.07 Å². The first-order valence-corrected chi connectivity index (χ1v) is 6.92. The lowest BCUT2D eigenvalue weighted by atomic mass is 10.2. The number of rotatable bonds is 5. The monoisotopic (exact) mass is 310 g/mol.